The zero-order valence-corrected chi connectivity index (χ0v) is 26.4. The maximum Gasteiger partial charge on any atom is 0.186 e. The second kappa shape index (κ2) is 12.3. The van der Waals surface area contributed by atoms with Crippen LogP contribution in [0.3, 0.4) is 0 Å². The molecule has 4 N–H and O–H groups in total. The van der Waals surface area contributed by atoms with Crippen LogP contribution in [-0.2, 0) is 9.47 Å². The van der Waals surface area contributed by atoms with E-state index in [1.54, 1.807) is 0 Å². The van der Waals surface area contributed by atoms with Crippen LogP contribution in [0.4, 0.5) is 0 Å². The number of aliphatic hydroxyl groups excluding tert-OH is 4. The summed E-state index contributed by atoms with van der Waals surface area (Å²) in [6.45, 7) is 14.2. The van der Waals surface area contributed by atoms with E-state index < -0.39 is 37.3 Å². The first kappa shape index (κ1) is 31.7. The summed E-state index contributed by atoms with van der Waals surface area (Å²) >= 11 is 0. The molecule has 4 aliphatic carbocycles. The summed E-state index contributed by atoms with van der Waals surface area (Å²) in [5.74, 6) is 5.05. The molecule has 1 aliphatic heterocycles. The van der Waals surface area contributed by atoms with E-state index in [9.17, 15) is 20.4 Å². The Morgan fingerprint density at radius 1 is 0.976 bits per heavy atom. The molecular formula is C35H58O6. The molecular weight excluding hydrogens is 516 g/mol. The summed E-state index contributed by atoms with van der Waals surface area (Å²) in [5.41, 5.74) is 2.11. The fourth-order valence-electron chi connectivity index (χ4n) is 10.3. The number of fused-ring (bicyclic) bond motifs is 5. The second-order valence-electron chi connectivity index (χ2n) is 15.2. The summed E-state index contributed by atoms with van der Waals surface area (Å²) < 4.78 is 11.9. The van der Waals surface area contributed by atoms with Crippen LogP contribution in [0.1, 0.15) is 99.3 Å². The third-order valence-corrected chi connectivity index (χ3v) is 12.9. The number of hydrogen-bond acceptors (Lipinski definition) is 6. The van der Waals surface area contributed by atoms with Crippen molar-refractivity contribution in [3.05, 3.63) is 23.8 Å². The van der Waals surface area contributed by atoms with Gasteiger partial charge in [0.05, 0.1) is 12.7 Å². The van der Waals surface area contributed by atoms with Crippen molar-refractivity contribution in [3.8, 4) is 0 Å². The Hall–Kier alpha value is -0.760. The maximum atomic E-state index is 10.5. The quantitative estimate of drug-likeness (QED) is 0.281. The Bertz CT molecular complexity index is 960. The van der Waals surface area contributed by atoms with Gasteiger partial charge in [-0.2, -0.15) is 0 Å². The van der Waals surface area contributed by atoms with Crippen molar-refractivity contribution in [2.45, 2.75) is 136 Å². The third-order valence-electron chi connectivity index (χ3n) is 12.9. The molecule has 41 heavy (non-hydrogen) atoms. The van der Waals surface area contributed by atoms with Crippen LogP contribution in [0.5, 0.6) is 0 Å². The molecule has 0 radical (unpaired) electrons. The molecule has 4 fully saturated rings. The minimum atomic E-state index is -1.40. The predicted octanol–water partition coefficient (Wildman–Crippen LogP) is 5.63. The molecule has 0 unspecified atom stereocenters. The summed E-state index contributed by atoms with van der Waals surface area (Å²) in [6.07, 6.45) is 11.9. The average molecular weight is 575 g/mol. The fourth-order valence-corrected chi connectivity index (χ4v) is 10.3. The van der Waals surface area contributed by atoms with Crippen LogP contribution in [-0.4, -0.2) is 63.8 Å². The van der Waals surface area contributed by atoms with E-state index in [0.29, 0.717) is 29.1 Å². The first-order chi connectivity index (χ1) is 19.4. The SMILES string of the molecule is CC[C@@H](/C=C/[C@@H](C)[C@H]1CC[C@H]2[C@@H]3CC=C4C[C@@H](O[C@@H]5O[C@H](CO)[C@@H](O)[C@H](O)[C@H]5O)CC[C@]4(C)[C@H]3CC[C@]12C)C(C)C. The standard InChI is InChI=1S/C35H58O6/c1-7-22(20(2)3)9-8-21(4)26-12-13-27-25-11-10-23-18-24(14-16-34(23,5)28(25)15-17-35(26,27)6)40-33-32(39)31(38)30(37)29(19-36)41-33/h8-10,20-22,24-33,36-39H,7,11-19H2,1-6H3/b9-8+/t21-,22+,24+,25+,26-,27+,28+,29-,30-,31+,32-,33-,34+,35-/m1/s1. The minimum Gasteiger partial charge on any atom is -0.394 e. The molecule has 234 valence electrons. The third kappa shape index (κ3) is 5.64. The smallest absolute Gasteiger partial charge is 0.186 e. The zero-order valence-electron chi connectivity index (χ0n) is 26.4. The van der Waals surface area contributed by atoms with E-state index in [1.165, 1.54) is 37.7 Å². The topological polar surface area (TPSA) is 99.4 Å². The average Bonchev–Trinajstić information content (AvgIpc) is 3.30. The lowest BCUT2D eigenvalue weighted by molar-refractivity contribution is -0.313. The lowest BCUT2D eigenvalue weighted by Crippen LogP contribution is -2.60. The highest BCUT2D eigenvalue weighted by Gasteiger charge is 2.59. The van der Waals surface area contributed by atoms with E-state index >= 15 is 0 Å². The Morgan fingerprint density at radius 2 is 1.73 bits per heavy atom. The molecule has 1 heterocycles. The highest BCUT2D eigenvalue weighted by Crippen LogP contribution is 2.67. The van der Waals surface area contributed by atoms with E-state index in [0.717, 1.165) is 43.4 Å². The van der Waals surface area contributed by atoms with Gasteiger partial charge in [0.25, 0.3) is 0 Å². The molecule has 0 aromatic carbocycles. The van der Waals surface area contributed by atoms with Gasteiger partial charge in [-0.15, -0.1) is 0 Å². The molecule has 0 spiro atoms. The molecule has 5 aliphatic rings. The lowest BCUT2D eigenvalue weighted by Gasteiger charge is -2.58. The summed E-state index contributed by atoms with van der Waals surface area (Å²) in [7, 11) is 0. The van der Waals surface area contributed by atoms with Gasteiger partial charge in [-0.05, 0) is 110 Å². The largest absolute Gasteiger partial charge is 0.394 e. The van der Waals surface area contributed by atoms with Crippen molar-refractivity contribution >= 4 is 0 Å². The van der Waals surface area contributed by atoms with Crippen LogP contribution in [0, 0.1) is 52.3 Å². The van der Waals surface area contributed by atoms with Gasteiger partial charge in [0.15, 0.2) is 6.29 Å². The fraction of sp³-hybridized carbons (Fsp3) is 0.886. The van der Waals surface area contributed by atoms with Gasteiger partial charge < -0.3 is 29.9 Å². The van der Waals surface area contributed by atoms with Crippen molar-refractivity contribution in [2.75, 3.05) is 6.61 Å². The van der Waals surface area contributed by atoms with Gasteiger partial charge in [0.2, 0.25) is 0 Å². The molecule has 3 saturated carbocycles. The van der Waals surface area contributed by atoms with Crippen molar-refractivity contribution in [1.29, 1.82) is 0 Å². The first-order valence-electron chi connectivity index (χ1n) is 16.8. The van der Waals surface area contributed by atoms with Crippen LogP contribution in [0.2, 0.25) is 0 Å². The number of rotatable bonds is 8. The molecule has 5 rings (SSSR count). The summed E-state index contributed by atoms with van der Waals surface area (Å²) in [6, 6.07) is 0. The van der Waals surface area contributed by atoms with Crippen molar-refractivity contribution in [2.24, 2.45) is 52.3 Å². The molecule has 0 bridgehead atoms. The Morgan fingerprint density at radius 3 is 2.41 bits per heavy atom. The van der Waals surface area contributed by atoms with Crippen molar-refractivity contribution in [1.82, 2.24) is 0 Å². The Balaban J connectivity index is 1.26. The normalized spacial score (nSPS) is 47.9. The molecule has 1 saturated heterocycles. The van der Waals surface area contributed by atoms with Gasteiger partial charge in [0.1, 0.15) is 24.4 Å². The molecule has 0 amide bonds. The van der Waals surface area contributed by atoms with E-state index in [2.05, 4.69) is 59.8 Å². The van der Waals surface area contributed by atoms with Crippen molar-refractivity contribution in [3.63, 3.8) is 0 Å². The van der Waals surface area contributed by atoms with E-state index in [1.807, 2.05) is 0 Å². The number of aliphatic hydroxyl groups is 4. The Labute approximate surface area is 248 Å². The van der Waals surface area contributed by atoms with Crippen LogP contribution in [0.25, 0.3) is 0 Å². The van der Waals surface area contributed by atoms with Gasteiger partial charge in [0, 0.05) is 0 Å². The van der Waals surface area contributed by atoms with Crippen LogP contribution in [0.15, 0.2) is 23.8 Å². The number of hydrogen-bond donors (Lipinski definition) is 4. The summed E-state index contributed by atoms with van der Waals surface area (Å²) in [4.78, 5) is 0. The molecule has 6 heteroatoms. The first-order valence-corrected chi connectivity index (χ1v) is 16.8. The van der Waals surface area contributed by atoms with Crippen molar-refractivity contribution < 1.29 is 29.9 Å². The summed E-state index contributed by atoms with van der Waals surface area (Å²) in [5, 5.41) is 40.4. The minimum absolute atomic E-state index is 0.109. The Kier molecular flexibility index (Phi) is 9.51. The van der Waals surface area contributed by atoms with E-state index in [4.69, 9.17) is 9.47 Å². The number of allylic oxidation sites excluding steroid dienone is 3. The van der Waals surface area contributed by atoms with Gasteiger partial charge in [-0.3, -0.25) is 0 Å². The zero-order chi connectivity index (χ0) is 29.7. The molecule has 14 atom stereocenters. The van der Waals surface area contributed by atoms with Crippen LogP contribution >= 0.6 is 0 Å². The van der Waals surface area contributed by atoms with Gasteiger partial charge in [-0.1, -0.05) is 65.3 Å². The molecule has 0 aromatic rings. The molecule has 0 aromatic heterocycles. The highest BCUT2D eigenvalue weighted by molar-refractivity contribution is 5.25. The lowest BCUT2D eigenvalue weighted by atomic mass is 9.47. The monoisotopic (exact) mass is 574 g/mol. The highest BCUT2D eigenvalue weighted by atomic mass is 16.7. The van der Waals surface area contributed by atoms with E-state index in [-0.39, 0.29) is 11.5 Å². The van der Waals surface area contributed by atoms with Gasteiger partial charge >= 0.3 is 0 Å². The predicted molar refractivity (Wildman–Crippen MR) is 161 cm³/mol. The molecule has 6 nitrogen and oxygen atoms in total. The second-order valence-corrected chi connectivity index (χ2v) is 15.2. The van der Waals surface area contributed by atoms with Crippen LogP contribution < -0.4 is 0 Å². The van der Waals surface area contributed by atoms with Gasteiger partial charge in [-0.25, -0.2) is 0 Å². The maximum absolute atomic E-state index is 10.5. The number of ether oxygens (including phenoxy) is 2.